The summed E-state index contributed by atoms with van der Waals surface area (Å²) in [5.74, 6) is 0.226. The predicted molar refractivity (Wildman–Crippen MR) is 83.3 cm³/mol. The summed E-state index contributed by atoms with van der Waals surface area (Å²) >= 11 is 0. The van der Waals surface area contributed by atoms with Crippen LogP contribution in [-0.2, 0) is 14.3 Å². The first-order chi connectivity index (χ1) is 11.5. The van der Waals surface area contributed by atoms with Gasteiger partial charge in [0.25, 0.3) is 0 Å². The molecule has 1 aliphatic carbocycles. The summed E-state index contributed by atoms with van der Waals surface area (Å²) in [5.41, 5.74) is 1.35. The fourth-order valence-electron chi connectivity index (χ4n) is 4.07. The van der Waals surface area contributed by atoms with E-state index in [0.717, 1.165) is 18.1 Å². The number of ether oxygens (including phenoxy) is 4. The van der Waals surface area contributed by atoms with Crippen molar-refractivity contribution in [1.29, 1.82) is 0 Å². The molecule has 1 saturated heterocycles. The van der Waals surface area contributed by atoms with Gasteiger partial charge in [-0.3, -0.25) is 4.79 Å². The lowest BCUT2D eigenvalue weighted by atomic mass is 9.72. The number of rotatable bonds is 3. The molecule has 0 N–H and O–H groups in total. The van der Waals surface area contributed by atoms with Gasteiger partial charge in [-0.1, -0.05) is 0 Å². The van der Waals surface area contributed by atoms with Crippen LogP contribution in [0.1, 0.15) is 48.5 Å². The van der Waals surface area contributed by atoms with Gasteiger partial charge in [-0.15, -0.1) is 0 Å². The van der Waals surface area contributed by atoms with E-state index >= 15 is 0 Å². The zero-order valence-electron chi connectivity index (χ0n) is 13.7. The zero-order chi connectivity index (χ0) is 16.9. The third-order valence-corrected chi connectivity index (χ3v) is 5.07. The van der Waals surface area contributed by atoms with Crippen LogP contribution in [0, 0.1) is 5.92 Å². The molecule has 3 aliphatic rings. The molecular weight excluding hydrogens is 312 g/mol. The molecule has 0 spiro atoms. The Morgan fingerprint density at radius 1 is 1.04 bits per heavy atom. The van der Waals surface area contributed by atoms with Gasteiger partial charge in [-0.2, -0.15) is 0 Å². The van der Waals surface area contributed by atoms with Crippen molar-refractivity contribution in [3.8, 4) is 11.5 Å². The molecule has 1 aromatic carbocycles. The monoisotopic (exact) mass is 332 g/mol. The highest BCUT2D eigenvalue weighted by atomic mass is 16.8. The lowest BCUT2D eigenvalue weighted by Gasteiger charge is -2.34. The van der Waals surface area contributed by atoms with E-state index < -0.39 is 5.79 Å². The largest absolute Gasteiger partial charge is 0.454 e. The molecule has 0 radical (unpaired) electrons. The maximum Gasteiger partial charge on any atom is 0.231 e. The van der Waals surface area contributed by atoms with Gasteiger partial charge < -0.3 is 23.7 Å². The van der Waals surface area contributed by atoms with Crippen LogP contribution in [0.3, 0.4) is 0 Å². The van der Waals surface area contributed by atoms with Crippen LogP contribution in [0.2, 0.25) is 0 Å². The maximum absolute atomic E-state index is 11.7. The van der Waals surface area contributed by atoms with E-state index in [2.05, 4.69) is 0 Å². The van der Waals surface area contributed by atoms with Crippen LogP contribution in [0.4, 0.5) is 0 Å². The number of hydrogen-bond donors (Lipinski definition) is 0. The molecule has 6 nitrogen and oxygen atoms in total. The Labute approximate surface area is 140 Å². The normalized spacial score (nSPS) is 33.1. The fourth-order valence-corrected chi connectivity index (χ4v) is 4.07. The number of aldehydes is 2. The zero-order valence-corrected chi connectivity index (χ0v) is 13.7. The molecule has 0 amide bonds. The Morgan fingerprint density at radius 3 is 2.38 bits per heavy atom. The van der Waals surface area contributed by atoms with Gasteiger partial charge >= 0.3 is 0 Å². The van der Waals surface area contributed by atoms with Crippen molar-refractivity contribution < 1.29 is 28.5 Å². The highest BCUT2D eigenvalue weighted by Crippen LogP contribution is 2.47. The third kappa shape index (κ3) is 2.50. The van der Waals surface area contributed by atoms with Crippen LogP contribution in [0.25, 0.3) is 0 Å². The molecule has 2 aliphatic heterocycles. The van der Waals surface area contributed by atoms with E-state index in [1.807, 2.05) is 19.9 Å². The molecule has 4 atom stereocenters. The first kappa shape index (κ1) is 15.6. The average molecular weight is 332 g/mol. The van der Waals surface area contributed by atoms with Gasteiger partial charge in [0.15, 0.2) is 17.3 Å². The lowest BCUT2D eigenvalue weighted by Crippen LogP contribution is -2.37. The molecule has 6 heteroatoms. The quantitative estimate of drug-likeness (QED) is 0.792. The van der Waals surface area contributed by atoms with Crippen LogP contribution < -0.4 is 9.47 Å². The molecule has 2 fully saturated rings. The molecule has 128 valence electrons. The molecular formula is C18H20O6. The summed E-state index contributed by atoms with van der Waals surface area (Å²) in [5, 5.41) is 0. The summed E-state index contributed by atoms with van der Waals surface area (Å²) in [7, 11) is 0. The third-order valence-electron chi connectivity index (χ3n) is 5.07. The lowest BCUT2D eigenvalue weighted by molar-refractivity contribution is -0.146. The van der Waals surface area contributed by atoms with Crippen molar-refractivity contribution >= 4 is 12.6 Å². The number of carbonyl (C=O) groups excluding carboxylic acids is 2. The summed E-state index contributed by atoms with van der Waals surface area (Å²) in [6, 6.07) is 3.52. The summed E-state index contributed by atoms with van der Waals surface area (Å²) in [4.78, 5) is 23.2. The van der Waals surface area contributed by atoms with Crippen molar-refractivity contribution in [2.45, 2.75) is 50.6 Å². The molecule has 2 heterocycles. The van der Waals surface area contributed by atoms with Crippen molar-refractivity contribution in [2.24, 2.45) is 5.92 Å². The molecule has 0 bridgehead atoms. The highest BCUT2D eigenvalue weighted by Gasteiger charge is 2.48. The van der Waals surface area contributed by atoms with Gasteiger partial charge in [0.1, 0.15) is 12.6 Å². The van der Waals surface area contributed by atoms with Crippen molar-refractivity contribution in [3.63, 3.8) is 0 Å². The van der Waals surface area contributed by atoms with Crippen LogP contribution >= 0.6 is 0 Å². The Morgan fingerprint density at radius 2 is 1.71 bits per heavy atom. The molecule has 24 heavy (non-hydrogen) atoms. The van der Waals surface area contributed by atoms with E-state index in [-0.39, 0.29) is 30.8 Å². The second kappa shape index (κ2) is 5.57. The minimum Gasteiger partial charge on any atom is -0.454 e. The topological polar surface area (TPSA) is 71.1 Å². The number of benzene rings is 1. The van der Waals surface area contributed by atoms with Crippen molar-refractivity contribution in [3.05, 3.63) is 23.3 Å². The summed E-state index contributed by atoms with van der Waals surface area (Å²) in [6.45, 7) is 3.91. The highest BCUT2D eigenvalue weighted by molar-refractivity contribution is 5.80. The van der Waals surface area contributed by atoms with E-state index in [4.69, 9.17) is 18.9 Å². The standard InChI is InChI=1S/C18H20O6/c1-18(2)23-16-4-11(8-20)13(6-17(16)24-18)12-5-15-14(21-9-22-15)3-10(12)7-19/h3,5,7-8,11,13,16-17H,4,6,9H2,1-2H3/t11-,13-,16-,17+/m1/s1. The van der Waals surface area contributed by atoms with Crippen molar-refractivity contribution in [1.82, 2.24) is 0 Å². The minimum absolute atomic E-state index is 0.0777. The fraction of sp³-hybridized carbons (Fsp3) is 0.556. The number of carbonyl (C=O) groups is 2. The van der Waals surface area contributed by atoms with Gasteiger partial charge in [0.2, 0.25) is 6.79 Å². The van der Waals surface area contributed by atoms with Crippen molar-refractivity contribution in [2.75, 3.05) is 6.79 Å². The molecule has 0 aromatic heterocycles. The predicted octanol–water partition coefficient (Wildman–Crippen LogP) is 2.44. The van der Waals surface area contributed by atoms with E-state index in [9.17, 15) is 9.59 Å². The van der Waals surface area contributed by atoms with E-state index in [1.165, 1.54) is 0 Å². The average Bonchev–Trinajstić information content (AvgIpc) is 3.12. The first-order valence-corrected chi connectivity index (χ1v) is 8.20. The van der Waals surface area contributed by atoms with E-state index in [1.54, 1.807) is 6.07 Å². The summed E-state index contributed by atoms with van der Waals surface area (Å²) < 4.78 is 22.7. The molecule has 0 unspecified atom stereocenters. The Kier molecular flexibility index (Phi) is 3.62. The second-order valence-corrected chi connectivity index (χ2v) is 7.04. The van der Waals surface area contributed by atoms with Crippen LogP contribution in [0.15, 0.2) is 12.1 Å². The van der Waals surface area contributed by atoms with Crippen LogP contribution in [-0.4, -0.2) is 37.4 Å². The smallest absolute Gasteiger partial charge is 0.231 e. The molecule has 1 aromatic rings. The molecule has 4 rings (SSSR count). The number of fused-ring (bicyclic) bond motifs is 2. The Hall–Kier alpha value is -1.92. The van der Waals surface area contributed by atoms with Gasteiger partial charge in [-0.25, -0.2) is 0 Å². The first-order valence-electron chi connectivity index (χ1n) is 8.20. The molecule has 1 saturated carbocycles. The van der Waals surface area contributed by atoms with Gasteiger partial charge in [0.05, 0.1) is 12.2 Å². The van der Waals surface area contributed by atoms with E-state index in [0.29, 0.717) is 29.9 Å². The Bertz CT molecular complexity index is 682. The van der Waals surface area contributed by atoms with Crippen LogP contribution in [0.5, 0.6) is 11.5 Å². The SMILES string of the molecule is CC1(C)O[C@H]2C[C@@H](c3cc4c(cc3C=O)OCO4)[C@@H](C=O)C[C@H]2O1. The Balaban J connectivity index is 1.70. The summed E-state index contributed by atoms with van der Waals surface area (Å²) in [6.07, 6.45) is 2.84. The maximum atomic E-state index is 11.7. The number of hydrogen-bond acceptors (Lipinski definition) is 6. The second-order valence-electron chi connectivity index (χ2n) is 7.04. The van der Waals surface area contributed by atoms with Gasteiger partial charge in [-0.05, 0) is 50.3 Å². The minimum atomic E-state index is -0.639. The van der Waals surface area contributed by atoms with Gasteiger partial charge in [0, 0.05) is 11.5 Å².